The lowest BCUT2D eigenvalue weighted by Gasteiger charge is -2.41. The number of unbranched alkanes of at least 4 members (excludes halogenated alkanes) is 2. The van der Waals surface area contributed by atoms with E-state index in [9.17, 15) is 58.8 Å². The molecular formula is C54H85N3O18P2. The fourth-order valence-electron chi connectivity index (χ4n) is 8.35. The number of nitrogens with zero attached hydrogens (tertiary/aromatic N) is 2. The van der Waals surface area contributed by atoms with Crippen LogP contribution >= 0.6 is 15.6 Å². The second-order valence-corrected chi connectivity index (χ2v) is 22.0. The number of cyclic esters (lactones) is 1. The summed E-state index contributed by atoms with van der Waals surface area (Å²) < 4.78 is 59.2. The first-order valence-electron chi connectivity index (χ1n) is 26.9. The van der Waals surface area contributed by atoms with Crippen molar-refractivity contribution in [1.82, 2.24) is 9.55 Å². The molecule has 2 aliphatic heterocycles. The van der Waals surface area contributed by atoms with Gasteiger partial charge in [0.25, 0.3) is 0 Å². The number of carbonyl (C=O) groups excluding carboxylic acids is 2. The zero-order valence-corrected chi connectivity index (χ0v) is 46.3. The molecule has 23 heteroatoms. The number of nitrogens with two attached hydrogens (primary N) is 1. The quantitative estimate of drug-likeness (QED) is 0.0237. The molecule has 1 aromatic rings. The van der Waals surface area contributed by atoms with E-state index in [1.165, 1.54) is 24.4 Å². The van der Waals surface area contributed by atoms with Crippen molar-refractivity contribution in [2.75, 3.05) is 25.6 Å². The number of esters is 2. The summed E-state index contributed by atoms with van der Waals surface area (Å²) in [7, 11) is -11.3. The summed E-state index contributed by atoms with van der Waals surface area (Å²) >= 11 is 0. The van der Waals surface area contributed by atoms with E-state index in [-0.39, 0.29) is 31.5 Å². The van der Waals surface area contributed by atoms with E-state index in [2.05, 4.69) is 64.8 Å². The van der Waals surface area contributed by atoms with Crippen molar-refractivity contribution in [3.8, 4) is 0 Å². The Morgan fingerprint density at radius 3 is 2.01 bits per heavy atom. The summed E-state index contributed by atoms with van der Waals surface area (Å²) in [5, 5.41) is 57.6. The molecule has 2 unspecified atom stereocenters. The first-order chi connectivity index (χ1) is 36.9. The molecule has 0 aromatic carbocycles. The van der Waals surface area contributed by atoms with Gasteiger partial charge in [0.1, 0.15) is 30.9 Å². The molecule has 0 radical (unpaired) electrons. The number of nitrogen functional groups attached to an aromatic ring is 1. The topological polar surface area (TPSA) is 326 Å². The van der Waals surface area contributed by atoms with Gasteiger partial charge in [0.05, 0.1) is 37.6 Å². The van der Waals surface area contributed by atoms with Crippen molar-refractivity contribution in [2.45, 2.75) is 185 Å². The lowest BCUT2D eigenvalue weighted by Crippen LogP contribution is -2.52. The highest BCUT2D eigenvalue weighted by Crippen LogP contribution is 2.60. The van der Waals surface area contributed by atoms with Gasteiger partial charge in [-0.3, -0.25) is 23.2 Å². The largest absolute Gasteiger partial charge is 0.481 e. The van der Waals surface area contributed by atoms with Crippen molar-refractivity contribution in [2.24, 2.45) is 11.8 Å². The van der Waals surface area contributed by atoms with Crippen LogP contribution in [0.1, 0.15) is 142 Å². The van der Waals surface area contributed by atoms with Crippen molar-refractivity contribution in [3.63, 3.8) is 0 Å². The van der Waals surface area contributed by atoms with Crippen LogP contribution in [0.4, 0.5) is 5.82 Å². The number of hydrogen-bond donors (Lipinski definition) is 8. The number of rotatable bonds is 22. The van der Waals surface area contributed by atoms with Crippen LogP contribution < -0.4 is 11.4 Å². The third-order valence-electron chi connectivity index (χ3n) is 12.6. The van der Waals surface area contributed by atoms with Crippen LogP contribution in [0.3, 0.4) is 0 Å². The van der Waals surface area contributed by atoms with Gasteiger partial charge < -0.3 is 55.3 Å². The highest BCUT2D eigenvalue weighted by molar-refractivity contribution is 7.61. The average molecular weight is 1130 g/mol. The molecular weight excluding hydrogens is 1040 g/mol. The van der Waals surface area contributed by atoms with Crippen molar-refractivity contribution in [3.05, 3.63) is 108 Å². The minimum absolute atomic E-state index is 0.0858. The van der Waals surface area contributed by atoms with Crippen LogP contribution in [0.2, 0.25) is 0 Å². The van der Waals surface area contributed by atoms with Crippen LogP contribution in [0.5, 0.6) is 0 Å². The van der Waals surface area contributed by atoms with E-state index < -0.39 is 120 Å². The molecule has 0 amide bonds. The Morgan fingerprint density at radius 1 is 0.805 bits per heavy atom. The van der Waals surface area contributed by atoms with Gasteiger partial charge in [0.15, 0.2) is 6.10 Å². The molecule has 9 N–H and O–H groups in total. The summed E-state index contributed by atoms with van der Waals surface area (Å²) in [5.74, 6) is -4.13. The Kier molecular flexibility index (Phi) is 32.8. The number of anilines is 1. The molecule has 2 saturated heterocycles. The lowest BCUT2D eigenvalue weighted by atomic mass is 9.82. The molecule has 2 aliphatic rings. The van der Waals surface area contributed by atoms with Crippen molar-refractivity contribution < 1.29 is 81.6 Å². The zero-order chi connectivity index (χ0) is 56.5. The van der Waals surface area contributed by atoms with Gasteiger partial charge in [-0.1, -0.05) is 137 Å². The molecule has 21 nitrogen and oxygen atoms in total. The van der Waals surface area contributed by atoms with Crippen LogP contribution in [0.25, 0.3) is 0 Å². The van der Waals surface area contributed by atoms with Gasteiger partial charge in [-0.05, 0) is 70.3 Å². The van der Waals surface area contributed by atoms with E-state index in [1.807, 2.05) is 25.2 Å². The number of aliphatic hydroxyl groups is 5. The first kappa shape index (κ1) is 67.1. The maximum atomic E-state index is 13.4. The fraction of sp³-hybridized carbons (Fsp3) is 0.630. The van der Waals surface area contributed by atoms with Gasteiger partial charge in [-0.25, -0.2) is 13.9 Å². The highest BCUT2D eigenvalue weighted by atomic mass is 31.3. The van der Waals surface area contributed by atoms with E-state index >= 15 is 0 Å². The van der Waals surface area contributed by atoms with Crippen LogP contribution in [-0.4, -0.2) is 119 Å². The van der Waals surface area contributed by atoms with Crippen LogP contribution in [0, 0.1) is 11.8 Å². The monoisotopic (exact) mass is 1130 g/mol. The van der Waals surface area contributed by atoms with E-state index in [4.69, 9.17) is 29.0 Å². The molecule has 2 bridgehead atoms. The van der Waals surface area contributed by atoms with E-state index in [0.717, 1.165) is 49.5 Å². The zero-order valence-electron chi connectivity index (χ0n) is 44.6. The van der Waals surface area contributed by atoms with Gasteiger partial charge in [0.2, 0.25) is 0 Å². The second-order valence-electron chi connectivity index (χ2n) is 19.0. The Labute approximate surface area is 453 Å². The third kappa shape index (κ3) is 28.0. The summed E-state index contributed by atoms with van der Waals surface area (Å²) in [6, 6.07) is 1.25. The smallest absolute Gasteiger partial charge is 0.462 e. The van der Waals surface area contributed by atoms with Crippen LogP contribution in [-0.2, 0) is 46.3 Å². The molecule has 3 heterocycles. The Hall–Kier alpha value is -4.18. The Bertz CT molecular complexity index is 2250. The second kappa shape index (κ2) is 37.6. The maximum absolute atomic E-state index is 13.4. The van der Waals surface area contributed by atoms with Crippen molar-refractivity contribution in [1.29, 1.82) is 0 Å². The minimum Gasteiger partial charge on any atom is -0.462 e. The molecule has 1 aromatic heterocycles. The molecule has 2 fully saturated rings. The van der Waals surface area contributed by atoms with Gasteiger partial charge in [-0.2, -0.15) is 9.29 Å². The van der Waals surface area contributed by atoms with Gasteiger partial charge in [-0.15, -0.1) is 0 Å². The highest BCUT2D eigenvalue weighted by Gasteiger charge is 2.45. The van der Waals surface area contributed by atoms with Gasteiger partial charge in [0, 0.05) is 37.3 Å². The number of carbonyl (C=O) groups is 2. The number of aromatic nitrogens is 2. The number of hydrogen-bond acceptors (Lipinski definition) is 18. The summed E-state index contributed by atoms with van der Waals surface area (Å²) in [4.78, 5) is 64.3. The number of aliphatic hydroxyl groups excluding tert-OH is 5. The number of allylic oxidation sites excluding steroid dienone is 12. The summed E-state index contributed by atoms with van der Waals surface area (Å²) in [6.45, 7) is 1.34. The number of phosphoric ester groups is 2. The average Bonchev–Trinajstić information content (AvgIpc) is 3.37. The van der Waals surface area contributed by atoms with E-state index in [1.54, 1.807) is 6.08 Å². The molecule has 3 rings (SSSR count). The summed E-state index contributed by atoms with van der Waals surface area (Å²) in [6.07, 6.45) is 24.6. The standard InChI is InChI=1S/C54H85N3O18P2/c1-3-5-7-8-9-10-11-12-13-14-15-16-17-18-19-20-21-22-28-32-50(62)73-42-38-70-49(61)31-27-24-23-26-30-44-46(60)37-45(59)43(34-33-41(58)29-25-6-4-2)51(63)52(64)47(40-72-77(68,69)75-76(66,67)71-39-42)74-53(44)57-36-35-48(55)56-54(57)65/h5,7,9-10,12-13,15-16,18-19,21-22,33-36,41-47,51-53,58-60,63-64H,3-4,6,8,11,14,17,20,23-32,37-40H2,1-2H3,(H,66,67)(H,68,69)(H2,55,56,65)/b7-5-,10-9-,13-12-,16-15-,19-18-,22-21-,34-33+/t41-,42+,43-,44-,45+,46-,47+,51-,52+,53+/m0/s1. The molecule has 434 valence electrons. The molecule has 0 spiro atoms. The normalized spacial score (nSPS) is 30.0. The molecule has 0 saturated carbocycles. The van der Waals surface area contributed by atoms with Crippen LogP contribution in [0.15, 0.2) is 102 Å². The first-order valence-corrected chi connectivity index (χ1v) is 29.8. The minimum atomic E-state index is -5.72. The number of ether oxygens (including phenoxy) is 3. The number of phosphoric acid groups is 2. The van der Waals surface area contributed by atoms with E-state index in [0.29, 0.717) is 44.9 Å². The predicted molar refractivity (Wildman–Crippen MR) is 290 cm³/mol. The lowest BCUT2D eigenvalue weighted by molar-refractivity contribution is -0.195. The molecule has 0 aliphatic carbocycles. The maximum Gasteiger partial charge on any atom is 0.481 e. The Morgan fingerprint density at radius 2 is 1.40 bits per heavy atom. The SMILES string of the molecule is CC/C=C\C/C=C\C/C=C\C/C=C\C/C=C\C/C=C\CCC(=O)O[C@@H]1COC(=O)CCCCCC[C@@H]2[C@H](n3ccc(N)nc3=O)O[C@H](COP(=O)(O)OP(=O)(O)OC1)[C@@H](O)[C@@H](O)[C@@H](/C=C/[C@@H](O)CCCCC)[C@H](O)C[C@@H]2O. The third-order valence-corrected chi connectivity index (χ3v) is 15.2. The number of fused-ring (bicyclic) bond motifs is 3. The fourth-order valence-corrected chi connectivity index (χ4v) is 10.5. The molecule has 77 heavy (non-hydrogen) atoms. The molecule has 12 atom stereocenters. The predicted octanol–water partition coefficient (Wildman–Crippen LogP) is 7.82. The van der Waals surface area contributed by atoms with Crippen molar-refractivity contribution >= 4 is 33.4 Å². The summed E-state index contributed by atoms with van der Waals surface area (Å²) in [5.41, 5.74) is 4.81. The van der Waals surface area contributed by atoms with Gasteiger partial charge >= 0.3 is 33.3 Å². The Balaban J connectivity index is 1.76.